The maximum atomic E-state index is 4.80. The summed E-state index contributed by atoms with van der Waals surface area (Å²) in [7, 11) is 1.96. The summed E-state index contributed by atoms with van der Waals surface area (Å²) < 4.78 is 0. The van der Waals surface area contributed by atoms with Gasteiger partial charge in [-0.25, -0.2) is 9.97 Å². The fraction of sp³-hybridized carbons (Fsp3) is 0.714. The highest BCUT2D eigenvalue weighted by atomic mass is 15.0. The molecule has 1 aromatic heterocycles. The molecule has 0 fully saturated rings. The van der Waals surface area contributed by atoms with Gasteiger partial charge in [0.15, 0.2) is 0 Å². The van der Waals surface area contributed by atoms with Crippen molar-refractivity contribution in [1.82, 2.24) is 9.97 Å². The van der Waals surface area contributed by atoms with Crippen molar-refractivity contribution in [2.75, 3.05) is 12.4 Å². The van der Waals surface area contributed by atoms with Gasteiger partial charge in [-0.05, 0) is 25.7 Å². The third-order valence-electron chi connectivity index (χ3n) is 3.34. The summed E-state index contributed by atoms with van der Waals surface area (Å²) in [6.45, 7) is 6.51. The number of hydrogen-bond acceptors (Lipinski definition) is 3. The van der Waals surface area contributed by atoms with Gasteiger partial charge in [0, 0.05) is 23.7 Å². The topological polar surface area (TPSA) is 37.8 Å². The lowest BCUT2D eigenvalue weighted by atomic mass is 9.95. The number of rotatable bonds is 1. The van der Waals surface area contributed by atoms with Crippen LogP contribution >= 0.6 is 0 Å². The summed E-state index contributed by atoms with van der Waals surface area (Å²) in [6.07, 6.45) is 6.06. The van der Waals surface area contributed by atoms with Crippen molar-refractivity contribution >= 4 is 5.82 Å². The number of nitrogens with zero attached hydrogens (tertiary/aromatic N) is 2. The van der Waals surface area contributed by atoms with Gasteiger partial charge in [0.1, 0.15) is 11.6 Å². The molecule has 0 saturated heterocycles. The molecule has 0 atom stereocenters. The predicted octanol–water partition coefficient (Wildman–Crippen LogP) is 3.08. The second-order valence-electron chi connectivity index (χ2n) is 5.88. The van der Waals surface area contributed by atoms with Crippen LogP contribution in [0.1, 0.15) is 57.1 Å². The van der Waals surface area contributed by atoms with Crippen molar-refractivity contribution in [3.63, 3.8) is 0 Å². The van der Waals surface area contributed by atoms with Crippen molar-refractivity contribution in [1.29, 1.82) is 0 Å². The zero-order chi connectivity index (χ0) is 12.5. The molecule has 1 aromatic rings. The van der Waals surface area contributed by atoms with Gasteiger partial charge in [-0.15, -0.1) is 0 Å². The molecule has 17 heavy (non-hydrogen) atoms. The molecule has 0 radical (unpaired) electrons. The van der Waals surface area contributed by atoms with Gasteiger partial charge >= 0.3 is 0 Å². The van der Waals surface area contributed by atoms with Crippen LogP contribution in [0, 0.1) is 0 Å². The summed E-state index contributed by atoms with van der Waals surface area (Å²) in [4.78, 5) is 9.50. The molecule has 1 heterocycles. The molecule has 1 aliphatic carbocycles. The minimum absolute atomic E-state index is 0.0208. The Balaban J connectivity index is 2.51. The number of fused-ring (bicyclic) bond motifs is 1. The summed E-state index contributed by atoms with van der Waals surface area (Å²) in [5, 5.41) is 3.24. The van der Waals surface area contributed by atoms with E-state index in [0.29, 0.717) is 0 Å². The molecule has 0 amide bonds. The highest BCUT2D eigenvalue weighted by molar-refractivity contribution is 5.47. The first-order valence-electron chi connectivity index (χ1n) is 6.60. The van der Waals surface area contributed by atoms with Crippen LogP contribution in [0.5, 0.6) is 0 Å². The summed E-state index contributed by atoms with van der Waals surface area (Å²) >= 11 is 0. The zero-order valence-corrected chi connectivity index (χ0v) is 11.4. The molecule has 0 spiro atoms. The van der Waals surface area contributed by atoms with Gasteiger partial charge in [-0.1, -0.05) is 27.2 Å². The van der Waals surface area contributed by atoms with E-state index in [0.717, 1.165) is 24.5 Å². The first-order valence-corrected chi connectivity index (χ1v) is 6.60. The largest absolute Gasteiger partial charge is 0.373 e. The van der Waals surface area contributed by atoms with Gasteiger partial charge in [0.2, 0.25) is 0 Å². The Labute approximate surface area is 104 Å². The zero-order valence-electron chi connectivity index (χ0n) is 11.4. The fourth-order valence-electron chi connectivity index (χ4n) is 2.31. The van der Waals surface area contributed by atoms with Crippen molar-refractivity contribution < 1.29 is 0 Å². The number of hydrogen-bond donors (Lipinski definition) is 1. The molecule has 0 bridgehead atoms. The van der Waals surface area contributed by atoms with Gasteiger partial charge in [0.25, 0.3) is 0 Å². The predicted molar refractivity (Wildman–Crippen MR) is 71.5 cm³/mol. The Morgan fingerprint density at radius 2 is 1.71 bits per heavy atom. The van der Waals surface area contributed by atoms with Crippen LogP contribution in [0.3, 0.4) is 0 Å². The average Bonchev–Trinajstić information content (AvgIpc) is 2.51. The molecule has 3 nitrogen and oxygen atoms in total. The molecule has 1 N–H and O–H groups in total. The van der Waals surface area contributed by atoms with Crippen molar-refractivity contribution in [3.8, 4) is 0 Å². The molecular formula is C14H23N3. The van der Waals surface area contributed by atoms with E-state index in [-0.39, 0.29) is 5.41 Å². The van der Waals surface area contributed by atoms with Crippen LogP contribution in [0.25, 0.3) is 0 Å². The van der Waals surface area contributed by atoms with E-state index in [1.165, 1.54) is 30.5 Å². The average molecular weight is 233 g/mol. The van der Waals surface area contributed by atoms with E-state index in [9.17, 15) is 0 Å². The van der Waals surface area contributed by atoms with Crippen molar-refractivity contribution in [2.45, 2.75) is 58.3 Å². The SMILES string of the molecule is CNc1nc(C(C)(C)C)nc2c1CCCCC2. The first-order chi connectivity index (χ1) is 8.02. The Hall–Kier alpha value is -1.12. The second kappa shape index (κ2) is 4.63. The monoisotopic (exact) mass is 233 g/mol. The van der Waals surface area contributed by atoms with E-state index in [1.54, 1.807) is 0 Å². The molecule has 0 aromatic carbocycles. The summed E-state index contributed by atoms with van der Waals surface area (Å²) in [6, 6.07) is 0. The van der Waals surface area contributed by atoms with Gasteiger partial charge in [-0.2, -0.15) is 0 Å². The molecule has 1 aliphatic rings. The lowest BCUT2D eigenvalue weighted by Crippen LogP contribution is -2.19. The fourth-order valence-corrected chi connectivity index (χ4v) is 2.31. The Morgan fingerprint density at radius 1 is 1.00 bits per heavy atom. The molecule has 0 aliphatic heterocycles. The quantitative estimate of drug-likeness (QED) is 0.757. The maximum absolute atomic E-state index is 4.80. The smallest absolute Gasteiger partial charge is 0.136 e. The van der Waals surface area contributed by atoms with E-state index in [4.69, 9.17) is 9.97 Å². The summed E-state index contributed by atoms with van der Waals surface area (Å²) in [5.41, 5.74) is 2.64. The van der Waals surface area contributed by atoms with Crippen molar-refractivity contribution in [2.24, 2.45) is 0 Å². The Morgan fingerprint density at radius 3 is 2.35 bits per heavy atom. The molecule has 0 unspecified atom stereocenters. The highest BCUT2D eigenvalue weighted by Gasteiger charge is 2.22. The van der Waals surface area contributed by atoms with Crippen LogP contribution in [-0.2, 0) is 18.3 Å². The molecule has 94 valence electrons. The molecule has 3 heteroatoms. The Bertz CT molecular complexity index is 405. The third-order valence-corrected chi connectivity index (χ3v) is 3.34. The van der Waals surface area contributed by atoms with E-state index >= 15 is 0 Å². The molecule has 0 saturated carbocycles. The second-order valence-corrected chi connectivity index (χ2v) is 5.88. The van der Waals surface area contributed by atoms with Crippen molar-refractivity contribution in [3.05, 3.63) is 17.1 Å². The molecule has 2 rings (SSSR count). The lowest BCUT2D eigenvalue weighted by Gasteiger charge is -2.20. The van der Waals surface area contributed by atoms with E-state index < -0.39 is 0 Å². The van der Waals surface area contributed by atoms with Gasteiger partial charge in [0.05, 0.1) is 0 Å². The third kappa shape index (κ3) is 2.59. The van der Waals surface area contributed by atoms with Crippen LogP contribution in [0.2, 0.25) is 0 Å². The minimum Gasteiger partial charge on any atom is -0.373 e. The molecular weight excluding hydrogens is 210 g/mol. The van der Waals surface area contributed by atoms with E-state index in [2.05, 4.69) is 26.1 Å². The standard InChI is InChI=1S/C14H23N3/c1-14(2,3)13-16-11-9-7-5-6-8-10(11)12(15-4)17-13/h5-9H2,1-4H3,(H,15,16,17). The van der Waals surface area contributed by atoms with Crippen LogP contribution in [0.15, 0.2) is 0 Å². The normalized spacial score (nSPS) is 16.2. The maximum Gasteiger partial charge on any atom is 0.136 e. The number of aromatic nitrogens is 2. The van der Waals surface area contributed by atoms with Crippen LogP contribution in [-0.4, -0.2) is 17.0 Å². The number of nitrogens with one attached hydrogen (secondary N) is 1. The van der Waals surface area contributed by atoms with Gasteiger partial charge in [-0.3, -0.25) is 0 Å². The minimum atomic E-state index is 0.0208. The number of aryl methyl sites for hydroxylation is 1. The Kier molecular flexibility index (Phi) is 3.36. The van der Waals surface area contributed by atoms with E-state index in [1.807, 2.05) is 7.05 Å². The number of anilines is 1. The van der Waals surface area contributed by atoms with Crippen LogP contribution in [0.4, 0.5) is 5.82 Å². The first kappa shape index (κ1) is 12.3. The lowest BCUT2D eigenvalue weighted by molar-refractivity contribution is 0.540. The summed E-state index contributed by atoms with van der Waals surface area (Å²) in [5.74, 6) is 2.00. The highest BCUT2D eigenvalue weighted by Crippen LogP contribution is 2.28. The van der Waals surface area contributed by atoms with Gasteiger partial charge < -0.3 is 5.32 Å². The van der Waals surface area contributed by atoms with Crippen LogP contribution < -0.4 is 5.32 Å².